The molecule has 0 rings (SSSR count). The van der Waals surface area contributed by atoms with Crippen molar-refractivity contribution in [3.8, 4) is 0 Å². The van der Waals surface area contributed by atoms with Crippen molar-refractivity contribution in [1.82, 2.24) is 5.32 Å². The van der Waals surface area contributed by atoms with E-state index in [4.69, 9.17) is 4.74 Å². The predicted molar refractivity (Wildman–Crippen MR) is 278 cm³/mol. The summed E-state index contributed by atoms with van der Waals surface area (Å²) in [7, 11) is 0. The summed E-state index contributed by atoms with van der Waals surface area (Å²) in [6.07, 6.45) is 64.4. The standard InChI is InChI=1S/C58H111NO5/c1-3-5-7-9-11-13-15-17-18-19-20-24-28-32-36-40-44-48-52-58(63)64-53-49-45-41-37-33-29-25-22-21-23-27-31-35-39-43-47-51-57(62)59-55(54-60)56(61)50-46-42-38-34-30-26-16-14-12-10-8-6-4-2/h13,15,18-19,55-56,60-61H,3-12,14,16-17,20-54H2,1-2H3,(H,59,62)/b15-13-,19-18-. The van der Waals surface area contributed by atoms with Crippen LogP contribution in [0.3, 0.4) is 0 Å². The van der Waals surface area contributed by atoms with E-state index in [9.17, 15) is 19.8 Å². The molecule has 0 aromatic heterocycles. The van der Waals surface area contributed by atoms with Crippen LogP contribution in [0, 0.1) is 0 Å². The molecular weight excluding hydrogens is 791 g/mol. The second kappa shape index (κ2) is 54.0. The molecule has 378 valence electrons. The number of nitrogens with one attached hydrogen (secondary N) is 1. The average Bonchev–Trinajstić information content (AvgIpc) is 3.29. The van der Waals surface area contributed by atoms with Gasteiger partial charge >= 0.3 is 5.97 Å². The minimum absolute atomic E-state index is 0.00393. The van der Waals surface area contributed by atoms with E-state index in [2.05, 4.69) is 43.5 Å². The Kier molecular flexibility index (Phi) is 52.6. The van der Waals surface area contributed by atoms with Gasteiger partial charge in [-0.1, -0.05) is 263 Å². The van der Waals surface area contributed by atoms with Crippen LogP contribution in [0.15, 0.2) is 24.3 Å². The molecule has 0 spiro atoms. The smallest absolute Gasteiger partial charge is 0.305 e. The molecule has 2 atom stereocenters. The quantitative estimate of drug-likeness (QED) is 0.0321. The first-order chi connectivity index (χ1) is 31.5. The number of esters is 1. The topological polar surface area (TPSA) is 95.9 Å². The third kappa shape index (κ3) is 49.8. The zero-order valence-electron chi connectivity index (χ0n) is 43.0. The van der Waals surface area contributed by atoms with Crippen LogP contribution in [0.25, 0.3) is 0 Å². The highest BCUT2D eigenvalue weighted by molar-refractivity contribution is 5.76. The summed E-state index contributed by atoms with van der Waals surface area (Å²) in [5.74, 6) is -0.0454. The largest absolute Gasteiger partial charge is 0.466 e. The van der Waals surface area contributed by atoms with E-state index in [1.807, 2.05) is 0 Å². The monoisotopic (exact) mass is 902 g/mol. The van der Waals surface area contributed by atoms with E-state index in [1.54, 1.807) is 0 Å². The van der Waals surface area contributed by atoms with Crippen LogP contribution < -0.4 is 5.32 Å². The normalized spacial score (nSPS) is 12.8. The molecule has 6 heteroatoms. The Hall–Kier alpha value is -1.66. The number of carbonyl (C=O) groups is 2. The van der Waals surface area contributed by atoms with Crippen LogP contribution in [0.4, 0.5) is 0 Å². The van der Waals surface area contributed by atoms with Gasteiger partial charge in [0.25, 0.3) is 0 Å². The van der Waals surface area contributed by atoms with Gasteiger partial charge in [0.05, 0.1) is 25.4 Å². The molecule has 0 aromatic rings. The minimum Gasteiger partial charge on any atom is -0.466 e. The van der Waals surface area contributed by atoms with Gasteiger partial charge in [0, 0.05) is 12.8 Å². The van der Waals surface area contributed by atoms with Crippen LogP contribution >= 0.6 is 0 Å². The molecular formula is C58H111NO5. The summed E-state index contributed by atoms with van der Waals surface area (Å²) >= 11 is 0. The van der Waals surface area contributed by atoms with E-state index in [1.165, 1.54) is 225 Å². The van der Waals surface area contributed by atoms with Gasteiger partial charge in [-0.3, -0.25) is 9.59 Å². The van der Waals surface area contributed by atoms with E-state index in [0.717, 1.165) is 51.4 Å². The first-order valence-corrected chi connectivity index (χ1v) is 28.6. The molecule has 3 N–H and O–H groups in total. The molecule has 0 aliphatic rings. The fourth-order valence-electron chi connectivity index (χ4n) is 8.85. The summed E-state index contributed by atoms with van der Waals surface area (Å²) in [6.45, 7) is 4.93. The lowest BCUT2D eigenvalue weighted by Gasteiger charge is -2.22. The zero-order valence-corrected chi connectivity index (χ0v) is 43.0. The maximum Gasteiger partial charge on any atom is 0.305 e. The van der Waals surface area contributed by atoms with Crippen molar-refractivity contribution in [3.63, 3.8) is 0 Å². The number of unbranched alkanes of at least 4 members (excludes halogenated alkanes) is 38. The first-order valence-electron chi connectivity index (χ1n) is 28.6. The van der Waals surface area contributed by atoms with E-state index in [-0.39, 0.29) is 18.5 Å². The third-order valence-electron chi connectivity index (χ3n) is 13.3. The van der Waals surface area contributed by atoms with Gasteiger partial charge in [0.1, 0.15) is 0 Å². The van der Waals surface area contributed by atoms with Crippen LogP contribution in [-0.2, 0) is 14.3 Å². The number of carbonyl (C=O) groups excluding carboxylic acids is 2. The van der Waals surface area contributed by atoms with Crippen molar-refractivity contribution in [2.45, 2.75) is 321 Å². The molecule has 64 heavy (non-hydrogen) atoms. The summed E-state index contributed by atoms with van der Waals surface area (Å²) in [4.78, 5) is 24.5. The molecule has 0 saturated carbocycles. The number of ether oxygens (including phenoxy) is 1. The van der Waals surface area contributed by atoms with Gasteiger partial charge in [0.15, 0.2) is 0 Å². The van der Waals surface area contributed by atoms with E-state index in [0.29, 0.717) is 25.9 Å². The van der Waals surface area contributed by atoms with Gasteiger partial charge in [-0.05, 0) is 57.8 Å². The van der Waals surface area contributed by atoms with Gasteiger partial charge in [0.2, 0.25) is 5.91 Å². The summed E-state index contributed by atoms with van der Waals surface area (Å²) in [5, 5.41) is 23.2. The van der Waals surface area contributed by atoms with Crippen molar-refractivity contribution in [1.29, 1.82) is 0 Å². The molecule has 0 fully saturated rings. The Labute approximate surface area is 399 Å². The molecule has 0 radical (unpaired) electrons. The molecule has 0 aliphatic heterocycles. The van der Waals surface area contributed by atoms with Crippen molar-refractivity contribution in [3.05, 3.63) is 24.3 Å². The highest BCUT2D eigenvalue weighted by Gasteiger charge is 2.20. The van der Waals surface area contributed by atoms with Gasteiger partial charge < -0.3 is 20.3 Å². The Balaban J connectivity index is 3.41. The Morgan fingerprint density at radius 2 is 0.781 bits per heavy atom. The minimum atomic E-state index is -0.668. The third-order valence-corrected chi connectivity index (χ3v) is 13.3. The van der Waals surface area contributed by atoms with Crippen molar-refractivity contribution < 1.29 is 24.5 Å². The van der Waals surface area contributed by atoms with Gasteiger partial charge in [-0.25, -0.2) is 0 Å². The van der Waals surface area contributed by atoms with Gasteiger partial charge in [-0.2, -0.15) is 0 Å². The van der Waals surface area contributed by atoms with Crippen LogP contribution in [0.1, 0.15) is 309 Å². The van der Waals surface area contributed by atoms with Crippen LogP contribution in [0.2, 0.25) is 0 Å². The number of amides is 1. The summed E-state index contributed by atoms with van der Waals surface area (Å²) in [5.41, 5.74) is 0. The molecule has 0 bridgehead atoms. The molecule has 0 aliphatic carbocycles. The number of aliphatic hydroxyl groups is 2. The van der Waals surface area contributed by atoms with Crippen LogP contribution in [-0.4, -0.2) is 47.4 Å². The zero-order chi connectivity index (χ0) is 46.5. The number of hydrogen-bond donors (Lipinski definition) is 3. The fraction of sp³-hybridized carbons (Fsp3) is 0.897. The predicted octanol–water partition coefficient (Wildman–Crippen LogP) is 17.5. The van der Waals surface area contributed by atoms with E-state index < -0.39 is 12.1 Å². The number of rotatable bonds is 53. The number of hydrogen-bond acceptors (Lipinski definition) is 5. The molecule has 0 saturated heterocycles. The van der Waals surface area contributed by atoms with Crippen molar-refractivity contribution >= 4 is 11.9 Å². The number of allylic oxidation sites excluding steroid dienone is 4. The second-order valence-electron chi connectivity index (χ2n) is 19.6. The maximum atomic E-state index is 12.5. The summed E-state index contributed by atoms with van der Waals surface area (Å²) in [6, 6.07) is -0.546. The number of aliphatic hydroxyl groups excluding tert-OH is 2. The SMILES string of the molecule is CCCCCC/C=C\C/C=C\CCCCCCCCCC(=O)OCCCCCCCCCCCCCCCCCCC(=O)NC(CO)C(O)CCCCCCCCCCCCCCC. The Morgan fingerprint density at radius 3 is 1.20 bits per heavy atom. The highest BCUT2D eigenvalue weighted by atomic mass is 16.5. The lowest BCUT2D eigenvalue weighted by atomic mass is 10.0. The molecule has 0 heterocycles. The maximum absolute atomic E-state index is 12.5. The van der Waals surface area contributed by atoms with Gasteiger partial charge in [-0.15, -0.1) is 0 Å². The lowest BCUT2D eigenvalue weighted by Crippen LogP contribution is -2.45. The highest BCUT2D eigenvalue weighted by Crippen LogP contribution is 2.17. The molecule has 2 unspecified atom stereocenters. The average molecular weight is 903 g/mol. The Morgan fingerprint density at radius 1 is 0.438 bits per heavy atom. The van der Waals surface area contributed by atoms with E-state index >= 15 is 0 Å². The first kappa shape index (κ1) is 62.3. The molecule has 1 amide bonds. The fourth-order valence-corrected chi connectivity index (χ4v) is 8.85. The van der Waals surface area contributed by atoms with Crippen molar-refractivity contribution in [2.75, 3.05) is 13.2 Å². The second-order valence-corrected chi connectivity index (χ2v) is 19.6. The summed E-state index contributed by atoms with van der Waals surface area (Å²) < 4.78 is 5.48. The molecule has 6 nitrogen and oxygen atoms in total. The van der Waals surface area contributed by atoms with Crippen LogP contribution in [0.5, 0.6) is 0 Å². The Bertz CT molecular complexity index is 997. The lowest BCUT2D eigenvalue weighted by molar-refractivity contribution is -0.143. The van der Waals surface area contributed by atoms with Crippen molar-refractivity contribution in [2.24, 2.45) is 0 Å². The molecule has 0 aromatic carbocycles.